The fourth-order valence-electron chi connectivity index (χ4n) is 2.55. The molecule has 0 N–H and O–H groups in total. The first-order valence-corrected chi connectivity index (χ1v) is 10.1. The van der Waals surface area contributed by atoms with Gasteiger partial charge in [0.25, 0.3) is 15.7 Å². The van der Waals surface area contributed by atoms with Crippen LogP contribution in [0.15, 0.2) is 41.3 Å². The fraction of sp³-hybridized carbons (Fsp3) is 0.278. The van der Waals surface area contributed by atoms with E-state index in [9.17, 15) is 23.3 Å². The molecule has 10 heteroatoms. The number of nitrogens with zero attached hydrogens (tertiary/aromatic N) is 2. The lowest BCUT2D eigenvalue weighted by Gasteiger charge is -2.25. The molecule has 150 valence electrons. The van der Waals surface area contributed by atoms with E-state index in [0.717, 1.165) is 10.4 Å². The molecule has 2 aromatic rings. The van der Waals surface area contributed by atoms with Gasteiger partial charge in [-0.3, -0.25) is 19.2 Å². The van der Waals surface area contributed by atoms with Crippen molar-refractivity contribution in [1.82, 2.24) is 0 Å². The Bertz CT molecular complexity index is 1020. The maximum atomic E-state index is 13.3. The van der Waals surface area contributed by atoms with Crippen LogP contribution in [-0.4, -0.2) is 32.5 Å². The summed E-state index contributed by atoms with van der Waals surface area (Å²) in [5.41, 5.74) is 0.725. The number of rotatable bonds is 7. The summed E-state index contributed by atoms with van der Waals surface area (Å²) in [6.07, 6.45) is 0. The zero-order valence-corrected chi connectivity index (χ0v) is 17.1. The van der Waals surface area contributed by atoms with Crippen LogP contribution >= 0.6 is 11.6 Å². The second-order valence-corrected chi connectivity index (χ2v) is 8.25. The summed E-state index contributed by atoms with van der Waals surface area (Å²) < 4.78 is 32.3. The first-order chi connectivity index (χ1) is 13.1. The van der Waals surface area contributed by atoms with Crippen LogP contribution in [-0.2, 0) is 19.6 Å². The van der Waals surface area contributed by atoms with E-state index in [0.29, 0.717) is 11.1 Å². The van der Waals surface area contributed by atoms with Crippen LogP contribution in [0.25, 0.3) is 0 Å². The Balaban J connectivity index is 2.64. The van der Waals surface area contributed by atoms with E-state index in [4.69, 9.17) is 16.3 Å². The minimum atomic E-state index is -4.31. The summed E-state index contributed by atoms with van der Waals surface area (Å²) in [6, 6.07) is 8.20. The van der Waals surface area contributed by atoms with E-state index in [1.165, 1.54) is 25.1 Å². The van der Waals surface area contributed by atoms with Crippen molar-refractivity contribution in [3.05, 3.63) is 62.7 Å². The van der Waals surface area contributed by atoms with Crippen molar-refractivity contribution in [3.8, 4) is 0 Å². The zero-order valence-electron chi connectivity index (χ0n) is 15.5. The van der Waals surface area contributed by atoms with E-state index >= 15 is 0 Å². The molecule has 2 rings (SSSR count). The highest BCUT2D eigenvalue weighted by Gasteiger charge is 2.30. The quantitative estimate of drug-likeness (QED) is 0.380. The third-order valence-electron chi connectivity index (χ3n) is 3.98. The third-order valence-corrected chi connectivity index (χ3v) is 5.97. The van der Waals surface area contributed by atoms with Gasteiger partial charge in [0.15, 0.2) is 0 Å². The molecule has 0 spiro atoms. The Morgan fingerprint density at radius 1 is 1.18 bits per heavy atom. The highest BCUT2D eigenvalue weighted by atomic mass is 35.5. The largest absolute Gasteiger partial charge is 0.465 e. The standard InChI is InChI=1S/C18H19ClN2O6S/c1-4-27-18(22)11-20(16-9-14(19)7-5-12(16)2)28(25,26)15-8-6-13(3)17(10-15)21(23)24/h5-10H,4,11H2,1-3H3. The number of carbonyl (C=O) groups excluding carboxylic acids is 1. The van der Waals surface area contributed by atoms with Crippen LogP contribution in [0.1, 0.15) is 18.1 Å². The Morgan fingerprint density at radius 3 is 2.43 bits per heavy atom. The average molecular weight is 427 g/mol. The molecule has 0 heterocycles. The number of sulfonamides is 1. The lowest BCUT2D eigenvalue weighted by Crippen LogP contribution is -2.37. The summed E-state index contributed by atoms with van der Waals surface area (Å²) >= 11 is 6.02. The topological polar surface area (TPSA) is 107 Å². The van der Waals surface area contributed by atoms with Gasteiger partial charge in [0, 0.05) is 16.7 Å². The summed E-state index contributed by atoms with van der Waals surface area (Å²) in [5.74, 6) is -0.757. The molecule has 2 aromatic carbocycles. The molecule has 0 saturated heterocycles. The van der Waals surface area contributed by atoms with Gasteiger partial charge in [0.2, 0.25) is 0 Å². The van der Waals surface area contributed by atoms with Gasteiger partial charge in [-0.2, -0.15) is 0 Å². The van der Waals surface area contributed by atoms with Gasteiger partial charge in [0.1, 0.15) is 6.54 Å². The van der Waals surface area contributed by atoms with Gasteiger partial charge in [-0.25, -0.2) is 8.42 Å². The average Bonchev–Trinajstić information content (AvgIpc) is 2.62. The predicted octanol–water partition coefficient (Wildman–Crippen LogP) is 3.62. The molecule has 0 unspecified atom stereocenters. The molecule has 0 aliphatic heterocycles. The number of hydrogen-bond donors (Lipinski definition) is 0. The smallest absolute Gasteiger partial charge is 0.326 e. The number of benzene rings is 2. The van der Waals surface area contributed by atoms with E-state index in [1.807, 2.05) is 0 Å². The molecule has 0 fully saturated rings. The Hall–Kier alpha value is -2.65. The molecule has 0 aromatic heterocycles. The summed E-state index contributed by atoms with van der Waals surface area (Å²) in [4.78, 5) is 22.3. The molecule has 8 nitrogen and oxygen atoms in total. The second kappa shape index (κ2) is 8.57. The molecular weight excluding hydrogens is 408 g/mol. The normalized spacial score (nSPS) is 11.1. The monoisotopic (exact) mass is 426 g/mol. The van der Waals surface area contributed by atoms with Gasteiger partial charge in [-0.1, -0.05) is 23.7 Å². The minimum absolute atomic E-state index is 0.0806. The highest BCUT2D eigenvalue weighted by Crippen LogP contribution is 2.31. The van der Waals surface area contributed by atoms with Crippen LogP contribution in [0.4, 0.5) is 11.4 Å². The van der Waals surface area contributed by atoms with Gasteiger partial charge < -0.3 is 4.74 Å². The number of hydrogen-bond acceptors (Lipinski definition) is 6. The zero-order chi connectivity index (χ0) is 21.1. The first kappa shape index (κ1) is 21.6. The van der Waals surface area contributed by atoms with Crippen LogP contribution in [0, 0.1) is 24.0 Å². The summed E-state index contributed by atoms with van der Waals surface area (Å²) in [5, 5.41) is 11.5. The molecule has 0 atom stereocenters. The molecule has 0 saturated carbocycles. The molecule has 0 aliphatic rings. The summed E-state index contributed by atoms with van der Waals surface area (Å²) in [6.45, 7) is 4.25. The minimum Gasteiger partial charge on any atom is -0.465 e. The SMILES string of the molecule is CCOC(=O)CN(c1cc(Cl)ccc1C)S(=O)(=O)c1ccc(C)c([N+](=O)[O-])c1. The number of esters is 1. The van der Waals surface area contributed by atoms with Crippen LogP contribution in [0.3, 0.4) is 0 Å². The summed E-state index contributed by atoms with van der Waals surface area (Å²) in [7, 11) is -4.31. The molecular formula is C18H19ClN2O6S. The van der Waals surface area contributed by atoms with Gasteiger partial charge in [-0.15, -0.1) is 0 Å². The van der Waals surface area contributed by atoms with Crippen molar-refractivity contribution in [3.63, 3.8) is 0 Å². The number of aryl methyl sites for hydroxylation is 2. The first-order valence-electron chi connectivity index (χ1n) is 8.27. The maximum absolute atomic E-state index is 13.3. The van der Waals surface area contributed by atoms with Crippen molar-refractivity contribution in [1.29, 1.82) is 0 Å². The van der Waals surface area contributed by atoms with Crippen LogP contribution in [0.5, 0.6) is 0 Å². The van der Waals surface area contributed by atoms with Crippen LogP contribution in [0.2, 0.25) is 5.02 Å². The molecule has 0 radical (unpaired) electrons. The van der Waals surface area contributed by atoms with Gasteiger partial charge >= 0.3 is 5.97 Å². The lowest BCUT2D eigenvalue weighted by molar-refractivity contribution is -0.385. The second-order valence-electron chi connectivity index (χ2n) is 5.95. The molecule has 0 amide bonds. The van der Waals surface area contributed by atoms with Gasteiger partial charge in [-0.05, 0) is 44.5 Å². The lowest BCUT2D eigenvalue weighted by atomic mass is 10.2. The highest BCUT2D eigenvalue weighted by molar-refractivity contribution is 7.92. The van der Waals surface area contributed by atoms with Gasteiger partial charge in [0.05, 0.1) is 22.1 Å². The van der Waals surface area contributed by atoms with Crippen molar-refractivity contribution in [2.75, 3.05) is 17.5 Å². The van der Waals surface area contributed by atoms with Crippen molar-refractivity contribution in [2.45, 2.75) is 25.7 Å². The Labute approximate surface area is 167 Å². The van der Waals surface area contributed by atoms with Crippen molar-refractivity contribution in [2.24, 2.45) is 0 Å². The number of anilines is 1. The van der Waals surface area contributed by atoms with E-state index in [2.05, 4.69) is 0 Å². The van der Waals surface area contributed by atoms with E-state index in [-0.39, 0.29) is 27.9 Å². The number of carbonyl (C=O) groups is 1. The number of ether oxygens (including phenoxy) is 1. The maximum Gasteiger partial charge on any atom is 0.326 e. The Morgan fingerprint density at radius 2 is 1.82 bits per heavy atom. The third kappa shape index (κ3) is 4.60. The van der Waals surface area contributed by atoms with Crippen LogP contribution < -0.4 is 4.31 Å². The van der Waals surface area contributed by atoms with E-state index < -0.39 is 27.5 Å². The van der Waals surface area contributed by atoms with Crippen molar-refractivity contribution < 1.29 is 22.9 Å². The predicted molar refractivity (Wildman–Crippen MR) is 105 cm³/mol. The van der Waals surface area contributed by atoms with Crippen molar-refractivity contribution >= 4 is 39.0 Å². The molecule has 28 heavy (non-hydrogen) atoms. The molecule has 0 aliphatic carbocycles. The van der Waals surface area contributed by atoms with E-state index in [1.54, 1.807) is 26.0 Å². The number of nitro benzene ring substituents is 1. The number of nitro groups is 1. The fourth-order valence-corrected chi connectivity index (χ4v) is 4.20. The molecule has 0 bridgehead atoms. The Kier molecular flexibility index (Phi) is 6.63. The number of halogens is 1.